The summed E-state index contributed by atoms with van der Waals surface area (Å²) in [4.78, 5) is 0. The van der Waals surface area contributed by atoms with Crippen LogP contribution in [0.5, 0.6) is 0 Å². The second-order valence-electron chi connectivity index (χ2n) is 6.99. The van der Waals surface area contributed by atoms with Crippen LogP contribution < -0.4 is 10.6 Å². The van der Waals surface area contributed by atoms with Gasteiger partial charge in [-0.2, -0.15) is 5.10 Å². The quantitative estimate of drug-likeness (QED) is 0.792. The lowest BCUT2D eigenvalue weighted by Crippen LogP contribution is -2.29. The number of rotatable bonds is 6. The number of likely N-dealkylation sites (N-methyl/N-ethyl adjacent to an activating group) is 1. The molecular weight excluding hydrogens is 260 g/mol. The predicted molar refractivity (Wildman–Crippen MR) is 86.3 cm³/mol. The van der Waals surface area contributed by atoms with Gasteiger partial charge in [0.25, 0.3) is 0 Å². The zero-order valence-corrected chi connectivity index (χ0v) is 13.4. The van der Waals surface area contributed by atoms with Gasteiger partial charge in [-0.05, 0) is 57.1 Å². The van der Waals surface area contributed by atoms with Crippen molar-refractivity contribution in [3.05, 3.63) is 18.0 Å². The average Bonchev–Trinajstić information content (AvgIpc) is 3.15. The molecule has 0 unspecified atom stereocenters. The number of hydrogen-bond acceptors (Lipinski definition) is 3. The monoisotopic (exact) mass is 290 g/mol. The van der Waals surface area contributed by atoms with E-state index in [0.717, 1.165) is 25.0 Å². The van der Waals surface area contributed by atoms with Gasteiger partial charge in [0.1, 0.15) is 0 Å². The van der Waals surface area contributed by atoms with Gasteiger partial charge < -0.3 is 10.6 Å². The molecule has 0 aromatic carbocycles. The molecule has 4 nitrogen and oxygen atoms in total. The van der Waals surface area contributed by atoms with Gasteiger partial charge in [-0.3, -0.25) is 4.68 Å². The molecule has 118 valence electrons. The van der Waals surface area contributed by atoms with Crippen LogP contribution in [0.25, 0.3) is 0 Å². The Hall–Kier alpha value is -0.870. The van der Waals surface area contributed by atoms with Crippen LogP contribution in [0, 0.1) is 5.41 Å². The Bertz CT molecular complexity index is 424. The molecule has 3 rings (SSSR count). The fraction of sp³-hybridized carbons (Fsp3) is 0.824. The van der Waals surface area contributed by atoms with Gasteiger partial charge in [-0.15, -0.1) is 0 Å². The Morgan fingerprint density at radius 3 is 2.67 bits per heavy atom. The number of aromatic nitrogens is 2. The van der Waals surface area contributed by atoms with Crippen LogP contribution in [-0.2, 0) is 6.54 Å². The van der Waals surface area contributed by atoms with Crippen molar-refractivity contribution in [2.75, 3.05) is 20.1 Å². The fourth-order valence-corrected chi connectivity index (χ4v) is 4.32. The van der Waals surface area contributed by atoms with E-state index in [9.17, 15) is 0 Å². The van der Waals surface area contributed by atoms with E-state index in [4.69, 9.17) is 0 Å². The predicted octanol–water partition coefficient (Wildman–Crippen LogP) is 2.87. The van der Waals surface area contributed by atoms with Gasteiger partial charge in [0.15, 0.2) is 0 Å². The molecule has 1 spiro atoms. The average molecular weight is 290 g/mol. The van der Waals surface area contributed by atoms with Crippen LogP contribution in [0.15, 0.2) is 12.3 Å². The molecule has 1 aromatic rings. The molecule has 2 fully saturated rings. The van der Waals surface area contributed by atoms with Crippen LogP contribution >= 0.6 is 0 Å². The first kappa shape index (κ1) is 15.0. The first-order chi connectivity index (χ1) is 10.3. The maximum absolute atomic E-state index is 4.61. The second-order valence-corrected chi connectivity index (χ2v) is 6.99. The highest BCUT2D eigenvalue weighted by atomic mass is 15.3. The zero-order valence-electron chi connectivity index (χ0n) is 13.4. The standard InChI is InChI=1S/C17H30N4/c1-18-12-13-19-14-16-6-11-20-21(16)15-4-9-17(10-5-15)7-2-3-8-17/h6,11,15,18-19H,2-5,7-10,12-14H2,1H3. The van der Waals surface area contributed by atoms with E-state index in [1.165, 1.54) is 57.1 Å². The SMILES string of the molecule is CNCCNCc1ccnn1C1CCC2(CCCC2)CC1. The summed E-state index contributed by atoms with van der Waals surface area (Å²) in [6.07, 6.45) is 13.4. The Kier molecular flexibility index (Phi) is 4.96. The Balaban J connectivity index is 1.54. The Labute approximate surface area is 128 Å². The third kappa shape index (κ3) is 3.49. The molecule has 2 saturated carbocycles. The summed E-state index contributed by atoms with van der Waals surface area (Å²) in [7, 11) is 1.99. The maximum Gasteiger partial charge on any atom is 0.0525 e. The molecular formula is C17H30N4. The topological polar surface area (TPSA) is 41.9 Å². The highest BCUT2D eigenvalue weighted by Crippen LogP contribution is 2.51. The second kappa shape index (κ2) is 6.93. The number of hydrogen-bond donors (Lipinski definition) is 2. The lowest BCUT2D eigenvalue weighted by molar-refractivity contribution is 0.150. The minimum atomic E-state index is 0.632. The third-order valence-corrected chi connectivity index (χ3v) is 5.64. The van der Waals surface area contributed by atoms with Gasteiger partial charge in [-0.25, -0.2) is 0 Å². The van der Waals surface area contributed by atoms with Crippen molar-refractivity contribution in [2.24, 2.45) is 5.41 Å². The van der Waals surface area contributed by atoms with E-state index in [1.807, 2.05) is 13.2 Å². The van der Waals surface area contributed by atoms with Gasteiger partial charge in [0, 0.05) is 25.8 Å². The lowest BCUT2D eigenvalue weighted by atomic mass is 9.71. The van der Waals surface area contributed by atoms with Gasteiger partial charge in [0.05, 0.1) is 11.7 Å². The summed E-state index contributed by atoms with van der Waals surface area (Å²) >= 11 is 0. The van der Waals surface area contributed by atoms with Crippen molar-refractivity contribution in [1.29, 1.82) is 0 Å². The molecule has 0 amide bonds. The van der Waals surface area contributed by atoms with Gasteiger partial charge >= 0.3 is 0 Å². The van der Waals surface area contributed by atoms with E-state index in [-0.39, 0.29) is 0 Å². The molecule has 0 radical (unpaired) electrons. The summed E-state index contributed by atoms with van der Waals surface area (Å²) in [5.74, 6) is 0. The van der Waals surface area contributed by atoms with E-state index in [1.54, 1.807) is 0 Å². The molecule has 4 heteroatoms. The summed E-state index contributed by atoms with van der Waals surface area (Å²) in [6, 6.07) is 2.80. The first-order valence-electron chi connectivity index (χ1n) is 8.71. The van der Waals surface area contributed by atoms with Crippen LogP contribution in [0.4, 0.5) is 0 Å². The van der Waals surface area contributed by atoms with E-state index >= 15 is 0 Å². The molecule has 2 N–H and O–H groups in total. The highest BCUT2D eigenvalue weighted by molar-refractivity contribution is 5.03. The van der Waals surface area contributed by atoms with Crippen molar-refractivity contribution < 1.29 is 0 Å². The smallest absolute Gasteiger partial charge is 0.0525 e. The summed E-state index contributed by atoms with van der Waals surface area (Å²) in [6.45, 7) is 2.96. The normalized spacial score (nSPS) is 22.1. The van der Waals surface area contributed by atoms with Gasteiger partial charge in [0.2, 0.25) is 0 Å². The first-order valence-corrected chi connectivity index (χ1v) is 8.71. The minimum absolute atomic E-state index is 0.632. The molecule has 0 atom stereocenters. The largest absolute Gasteiger partial charge is 0.318 e. The van der Waals surface area contributed by atoms with Gasteiger partial charge in [-0.1, -0.05) is 12.8 Å². The Morgan fingerprint density at radius 2 is 1.95 bits per heavy atom. The number of nitrogens with one attached hydrogen (secondary N) is 2. The van der Waals surface area contributed by atoms with E-state index < -0.39 is 0 Å². The van der Waals surface area contributed by atoms with Crippen molar-refractivity contribution in [3.63, 3.8) is 0 Å². The van der Waals surface area contributed by atoms with E-state index in [0.29, 0.717) is 6.04 Å². The van der Waals surface area contributed by atoms with Crippen molar-refractivity contribution >= 4 is 0 Å². The molecule has 1 heterocycles. The molecule has 0 bridgehead atoms. The maximum atomic E-state index is 4.61. The van der Waals surface area contributed by atoms with Crippen molar-refractivity contribution in [1.82, 2.24) is 20.4 Å². The lowest BCUT2D eigenvalue weighted by Gasteiger charge is -2.37. The zero-order chi connectivity index (χ0) is 14.5. The molecule has 2 aliphatic rings. The molecule has 1 aromatic heterocycles. The van der Waals surface area contributed by atoms with Crippen molar-refractivity contribution in [2.45, 2.75) is 64.0 Å². The van der Waals surface area contributed by atoms with Crippen molar-refractivity contribution in [3.8, 4) is 0 Å². The minimum Gasteiger partial charge on any atom is -0.318 e. The van der Waals surface area contributed by atoms with E-state index in [2.05, 4.69) is 26.5 Å². The molecule has 2 aliphatic carbocycles. The fourth-order valence-electron chi connectivity index (χ4n) is 4.32. The molecule has 0 aliphatic heterocycles. The van der Waals surface area contributed by atoms with Crippen LogP contribution in [-0.4, -0.2) is 29.9 Å². The van der Waals surface area contributed by atoms with Crippen LogP contribution in [0.3, 0.4) is 0 Å². The third-order valence-electron chi connectivity index (χ3n) is 5.64. The summed E-state index contributed by atoms with van der Waals surface area (Å²) < 4.78 is 2.30. The Morgan fingerprint density at radius 1 is 1.19 bits per heavy atom. The highest BCUT2D eigenvalue weighted by Gasteiger charge is 2.38. The summed E-state index contributed by atoms with van der Waals surface area (Å²) in [5, 5.41) is 11.3. The van der Waals surface area contributed by atoms with Crippen LogP contribution in [0.1, 0.15) is 63.1 Å². The molecule has 21 heavy (non-hydrogen) atoms. The van der Waals surface area contributed by atoms with Crippen LogP contribution in [0.2, 0.25) is 0 Å². The molecule has 0 saturated heterocycles. The number of nitrogens with zero attached hydrogens (tertiary/aromatic N) is 2. The summed E-state index contributed by atoms with van der Waals surface area (Å²) in [5.41, 5.74) is 2.06.